The molecule has 108 valence electrons. The van der Waals surface area contributed by atoms with Crippen molar-refractivity contribution in [3.8, 4) is 0 Å². The van der Waals surface area contributed by atoms with Gasteiger partial charge in [0.15, 0.2) is 0 Å². The highest BCUT2D eigenvalue weighted by Gasteiger charge is 2.46. The highest BCUT2D eigenvalue weighted by atomic mass is 16.5. The molecule has 3 heterocycles. The van der Waals surface area contributed by atoms with E-state index in [0.29, 0.717) is 6.04 Å². The number of likely N-dealkylation sites (tertiary alicyclic amines) is 1. The molecule has 2 saturated heterocycles. The van der Waals surface area contributed by atoms with Crippen LogP contribution in [0.2, 0.25) is 0 Å². The highest BCUT2D eigenvalue weighted by molar-refractivity contribution is 5.31. The van der Waals surface area contributed by atoms with Crippen LogP contribution in [0.1, 0.15) is 30.5 Å². The van der Waals surface area contributed by atoms with Crippen molar-refractivity contribution >= 4 is 0 Å². The first kappa shape index (κ1) is 12.8. The van der Waals surface area contributed by atoms with E-state index in [1.807, 2.05) is 0 Å². The third kappa shape index (κ3) is 1.92. The predicted octanol–water partition coefficient (Wildman–Crippen LogP) is 2.19. The molecule has 1 aromatic carbocycles. The van der Waals surface area contributed by atoms with E-state index in [4.69, 9.17) is 4.74 Å². The molecule has 4 rings (SSSR count). The van der Waals surface area contributed by atoms with Gasteiger partial charge in [-0.25, -0.2) is 0 Å². The molecular formula is C17H24N2O. The lowest BCUT2D eigenvalue weighted by Crippen LogP contribution is -2.41. The van der Waals surface area contributed by atoms with Crippen LogP contribution in [0.5, 0.6) is 0 Å². The van der Waals surface area contributed by atoms with E-state index < -0.39 is 0 Å². The first-order chi connectivity index (χ1) is 9.88. The van der Waals surface area contributed by atoms with Crippen LogP contribution in [0.3, 0.4) is 0 Å². The van der Waals surface area contributed by atoms with Crippen LogP contribution in [0.25, 0.3) is 0 Å². The monoisotopic (exact) mass is 272 g/mol. The van der Waals surface area contributed by atoms with Crippen LogP contribution in [-0.4, -0.2) is 37.2 Å². The van der Waals surface area contributed by atoms with Gasteiger partial charge in [-0.05, 0) is 42.5 Å². The number of hydrogen-bond donors (Lipinski definition) is 1. The van der Waals surface area contributed by atoms with Gasteiger partial charge in [-0.3, -0.25) is 4.90 Å². The van der Waals surface area contributed by atoms with Gasteiger partial charge in [0, 0.05) is 12.6 Å². The summed E-state index contributed by atoms with van der Waals surface area (Å²) in [6.45, 7) is 7.63. The Kier molecular flexibility index (Phi) is 3.29. The van der Waals surface area contributed by atoms with Crippen LogP contribution in [-0.2, 0) is 11.3 Å². The van der Waals surface area contributed by atoms with E-state index in [1.54, 1.807) is 0 Å². The van der Waals surface area contributed by atoms with Gasteiger partial charge in [-0.15, -0.1) is 0 Å². The Hall–Kier alpha value is -0.900. The third-order valence-corrected chi connectivity index (χ3v) is 5.52. The maximum atomic E-state index is 5.88. The largest absolute Gasteiger partial charge is 0.375 e. The van der Waals surface area contributed by atoms with Crippen molar-refractivity contribution in [2.45, 2.75) is 32.0 Å². The summed E-state index contributed by atoms with van der Waals surface area (Å²) in [5, 5.41) is 3.57. The second-order valence-electron chi connectivity index (χ2n) is 6.48. The summed E-state index contributed by atoms with van der Waals surface area (Å²) in [4.78, 5) is 2.74. The maximum absolute atomic E-state index is 5.88. The number of benzene rings is 1. The topological polar surface area (TPSA) is 24.5 Å². The van der Waals surface area contributed by atoms with Crippen LogP contribution >= 0.6 is 0 Å². The van der Waals surface area contributed by atoms with Crippen molar-refractivity contribution in [2.75, 3.05) is 26.2 Å². The standard InChI is InChI=1S/C17H24N2O/c1-2-16-15-8-18-7-13(15)9-19(16)17-11-20-10-12-5-3-4-6-14(12)17/h3-6,13,15-18H,2,7-11H2,1H3. The summed E-state index contributed by atoms with van der Waals surface area (Å²) in [6.07, 6.45) is 1.25. The van der Waals surface area contributed by atoms with Crippen molar-refractivity contribution in [1.82, 2.24) is 10.2 Å². The van der Waals surface area contributed by atoms with Crippen molar-refractivity contribution < 1.29 is 4.74 Å². The summed E-state index contributed by atoms with van der Waals surface area (Å²) < 4.78 is 5.88. The highest BCUT2D eigenvalue weighted by Crippen LogP contribution is 2.41. The molecule has 3 aliphatic rings. The average molecular weight is 272 g/mol. The first-order valence-corrected chi connectivity index (χ1v) is 8.00. The molecule has 4 unspecified atom stereocenters. The van der Waals surface area contributed by atoms with Crippen LogP contribution in [0.15, 0.2) is 24.3 Å². The lowest BCUT2D eigenvalue weighted by molar-refractivity contribution is 0.0216. The summed E-state index contributed by atoms with van der Waals surface area (Å²) in [5.74, 6) is 1.68. The van der Waals surface area contributed by atoms with Crippen molar-refractivity contribution in [3.05, 3.63) is 35.4 Å². The predicted molar refractivity (Wildman–Crippen MR) is 79.5 cm³/mol. The Morgan fingerprint density at radius 3 is 3.10 bits per heavy atom. The van der Waals surface area contributed by atoms with Crippen molar-refractivity contribution in [3.63, 3.8) is 0 Å². The average Bonchev–Trinajstić information content (AvgIpc) is 3.06. The van der Waals surface area contributed by atoms with Gasteiger partial charge >= 0.3 is 0 Å². The molecule has 20 heavy (non-hydrogen) atoms. The number of ether oxygens (including phenoxy) is 1. The molecule has 3 heteroatoms. The number of fused-ring (bicyclic) bond motifs is 2. The molecule has 1 N–H and O–H groups in total. The van der Waals surface area contributed by atoms with E-state index in [-0.39, 0.29) is 0 Å². The molecule has 0 saturated carbocycles. The fraction of sp³-hybridized carbons (Fsp3) is 0.647. The fourth-order valence-electron chi connectivity index (χ4n) is 4.59. The molecule has 4 atom stereocenters. The second kappa shape index (κ2) is 5.14. The normalized spacial score (nSPS) is 36.9. The van der Waals surface area contributed by atoms with E-state index >= 15 is 0 Å². The van der Waals surface area contributed by atoms with Crippen LogP contribution < -0.4 is 5.32 Å². The minimum absolute atomic E-state index is 0.468. The summed E-state index contributed by atoms with van der Waals surface area (Å²) >= 11 is 0. The SMILES string of the molecule is CCC1C2CNCC2CN1C1COCc2ccccc21. The molecule has 1 aromatic rings. The summed E-state index contributed by atoms with van der Waals surface area (Å²) in [6, 6.07) is 10.0. The lowest BCUT2D eigenvalue weighted by Gasteiger charge is -2.37. The molecule has 3 aliphatic heterocycles. The molecule has 3 nitrogen and oxygen atoms in total. The second-order valence-corrected chi connectivity index (χ2v) is 6.48. The van der Waals surface area contributed by atoms with E-state index in [9.17, 15) is 0 Å². The minimum atomic E-state index is 0.468. The Labute approximate surface area is 121 Å². The van der Waals surface area contributed by atoms with Gasteiger partial charge in [0.1, 0.15) is 0 Å². The van der Waals surface area contributed by atoms with Crippen molar-refractivity contribution in [1.29, 1.82) is 0 Å². The van der Waals surface area contributed by atoms with Gasteiger partial charge in [-0.1, -0.05) is 31.2 Å². The first-order valence-electron chi connectivity index (χ1n) is 8.00. The zero-order chi connectivity index (χ0) is 13.5. The number of nitrogens with zero attached hydrogens (tertiary/aromatic N) is 1. The van der Waals surface area contributed by atoms with Crippen molar-refractivity contribution in [2.24, 2.45) is 11.8 Å². The van der Waals surface area contributed by atoms with Gasteiger partial charge in [0.05, 0.1) is 19.3 Å². The minimum Gasteiger partial charge on any atom is -0.375 e. The Morgan fingerprint density at radius 2 is 2.20 bits per heavy atom. The molecule has 0 radical (unpaired) electrons. The van der Waals surface area contributed by atoms with Crippen LogP contribution in [0, 0.1) is 11.8 Å². The zero-order valence-corrected chi connectivity index (χ0v) is 12.2. The Bertz CT molecular complexity index is 490. The maximum Gasteiger partial charge on any atom is 0.0721 e. The quantitative estimate of drug-likeness (QED) is 0.893. The smallest absolute Gasteiger partial charge is 0.0721 e. The van der Waals surface area contributed by atoms with Gasteiger partial charge in [0.2, 0.25) is 0 Å². The molecule has 0 amide bonds. The molecular weight excluding hydrogens is 248 g/mol. The van der Waals surface area contributed by atoms with Gasteiger partial charge < -0.3 is 10.1 Å². The molecule has 0 bridgehead atoms. The molecule has 0 spiro atoms. The Balaban J connectivity index is 1.65. The van der Waals surface area contributed by atoms with E-state index in [0.717, 1.165) is 31.1 Å². The van der Waals surface area contributed by atoms with Gasteiger partial charge in [0.25, 0.3) is 0 Å². The molecule has 0 aromatic heterocycles. The van der Waals surface area contributed by atoms with Gasteiger partial charge in [-0.2, -0.15) is 0 Å². The zero-order valence-electron chi connectivity index (χ0n) is 12.2. The fourth-order valence-corrected chi connectivity index (χ4v) is 4.59. The van der Waals surface area contributed by atoms with E-state index in [1.165, 1.54) is 37.2 Å². The van der Waals surface area contributed by atoms with Crippen LogP contribution in [0.4, 0.5) is 0 Å². The number of hydrogen-bond acceptors (Lipinski definition) is 3. The molecule has 2 fully saturated rings. The summed E-state index contributed by atoms with van der Waals surface area (Å²) in [7, 11) is 0. The van der Waals surface area contributed by atoms with E-state index in [2.05, 4.69) is 41.4 Å². The third-order valence-electron chi connectivity index (χ3n) is 5.52. The summed E-state index contributed by atoms with van der Waals surface area (Å²) in [5.41, 5.74) is 2.89. The Morgan fingerprint density at radius 1 is 1.30 bits per heavy atom. The lowest BCUT2D eigenvalue weighted by atomic mass is 9.92. The number of nitrogens with one attached hydrogen (secondary N) is 1. The molecule has 0 aliphatic carbocycles. The number of rotatable bonds is 2.